The molecule has 0 saturated heterocycles. The maximum absolute atomic E-state index is 12.2. The highest BCUT2D eigenvalue weighted by Gasteiger charge is 2.24. The normalized spacial score (nSPS) is 19.5. The highest BCUT2D eigenvalue weighted by Crippen LogP contribution is 2.26. The first-order valence-corrected chi connectivity index (χ1v) is 11.2. The molecule has 31 heavy (non-hydrogen) atoms. The zero-order valence-electron chi connectivity index (χ0n) is 16.8. The second-order valence-electron chi connectivity index (χ2n) is 7.43. The molecule has 0 aromatic heterocycles. The molecule has 1 amide bonds. The fourth-order valence-electron chi connectivity index (χ4n) is 3.42. The molecule has 3 rings (SSSR count). The van der Waals surface area contributed by atoms with Gasteiger partial charge in [0.25, 0.3) is 5.91 Å². The lowest BCUT2D eigenvalue weighted by Crippen LogP contribution is -2.47. The third-order valence-corrected chi connectivity index (χ3v) is 5.99. The maximum Gasteiger partial charge on any atom is 0.258 e. The van der Waals surface area contributed by atoms with Crippen LogP contribution in [0.1, 0.15) is 25.7 Å². The van der Waals surface area contributed by atoms with E-state index in [4.69, 9.17) is 44.3 Å². The van der Waals surface area contributed by atoms with Crippen LogP contribution in [0.15, 0.2) is 42.5 Å². The van der Waals surface area contributed by atoms with Crippen molar-refractivity contribution in [1.29, 1.82) is 0 Å². The van der Waals surface area contributed by atoms with E-state index in [2.05, 4.69) is 10.6 Å². The third-order valence-electron chi connectivity index (χ3n) is 5.00. The zero-order valence-corrected chi connectivity index (χ0v) is 19.1. The van der Waals surface area contributed by atoms with E-state index in [1.807, 2.05) is 0 Å². The van der Waals surface area contributed by atoms with Gasteiger partial charge in [0.15, 0.2) is 6.61 Å². The van der Waals surface area contributed by atoms with Crippen LogP contribution in [0.4, 0.5) is 0 Å². The second-order valence-corrected chi connectivity index (χ2v) is 8.68. The lowest BCUT2D eigenvalue weighted by atomic mass is 9.91. The van der Waals surface area contributed by atoms with Gasteiger partial charge < -0.3 is 19.9 Å². The van der Waals surface area contributed by atoms with Gasteiger partial charge in [-0.05, 0) is 62.1 Å². The summed E-state index contributed by atoms with van der Waals surface area (Å²) >= 11 is 17.7. The van der Waals surface area contributed by atoms with Crippen LogP contribution in [0.5, 0.6) is 11.5 Å². The molecule has 1 atom stereocenters. The van der Waals surface area contributed by atoms with Crippen molar-refractivity contribution in [2.24, 2.45) is 0 Å². The molecule has 168 valence electrons. The molecule has 1 saturated carbocycles. The van der Waals surface area contributed by atoms with Crippen molar-refractivity contribution in [2.45, 2.75) is 44.0 Å². The van der Waals surface area contributed by atoms with Crippen molar-refractivity contribution in [2.75, 3.05) is 13.2 Å². The molecular weight excluding hydrogens is 463 g/mol. The lowest BCUT2D eigenvalue weighted by molar-refractivity contribution is -0.124. The first-order valence-electron chi connectivity index (χ1n) is 10.1. The van der Waals surface area contributed by atoms with Gasteiger partial charge >= 0.3 is 0 Å². The van der Waals surface area contributed by atoms with Gasteiger partial charge in [0.2, 0.25) is 0 Å². The Hall–Kier alpha value is -1.70. The molecule has 1 aliphatic carbocycles. The van der Waals surface area contributed by atoms with E-state index in [1.165, 1.54) is 0 Å². The zero-order chi connectivity index (χ0) is 22.2. The number of halogens is 3. The monoisotopic (exact) mass is 486 g/mol. The number of carbonyl (C=O) groups excluding carboxylic acids is 1. The number of ether oxygens (including phenoxy) is 2. The minimum atomic E-state index is -0.772. The Bertz CT molecular complexity index is 858. The highest BCUT2D eigenvalue weighted by molar-refractivity contribution is 6.42. The SMILES string of the molecule is O=C(COc1ccc(Cl)c(Cl)c1)NC1CCC(NC(O)COc2ccc(Cl)cc2)CC1. The van der Waals surface area contributed by atoms with E-state index in [-0.39, 0.29) is 31.2 Å². The molecule has 2 aromatic carbocycles. The fourth-order valence-corrected chi connectivity index (χ4v) is 3.83. The maximum atomic E-state index is 12.2. The van der Waals surface area contributed by atoms with Crippen molar-refractivity contribution < 1.29 is 19.4 Å². The van der Waals surface area contributed by atoms with Crippen LogP contribution in [0.3, 0.4) is 0 Å². The first-order chi connectivity index (χ1) is 14.9. The van der Waals surface area contributed by atoms with Crippen LogP contribution in [0, 0.1) is 0 Å². The summed E-state index contributed by atoms with van der Waals surface area (Å²) in [4.78, 5) is 12.2. The number of aliphatic hydroxyl groups excluding tert-OH is 1. The largest absolute Gasteiger partial charge is 0.489 e. The van der Waals surface area contributed by atoms with Gasteiger partial charge in [0, 0.05) is 23.2 Å². The van der Waals surface area contributed by atoms with Crippen LogP contribution in [-0.2, 0) is 4.79 Å². The highest BCUT2D eigenvalue weighted by atomic mass is 35.5. The number of carbonyl (C=O) groups is 1. The fraction of sp³-hybridized carbons (Fsp3) is 0.409. The summed E-state index contributed by atoms with van der Waals surface area (Å²) in [7, 11) is 0. The van der Waals surface area contributed by atoms with Gasteiger partial charge in [-0.3, -0.25) is 10.1 Å². The number of benzene rings is 2. The molecule has 2 aromatic rings. The molecule has 0 heterocycles. The number of hydrogen-bond donors (Lipinski definition) is 3. The molecule has 6 nitrogen and oxygen atoms in total. The Morgan fingerprint density at radius 3 is 2.26 bits per heavy atom. The van der Waals surface area contributed by atoms with E-state index >= 15 is 0 Å². The van der Waals surface area contributed by atoms with Crippen LogP contribution in [-0.4, -0.2) is 42.5 Å². The van der Waals surface area contributed by atoms with Crippen LogP contribution in [0.25, 0.3) is 0 Å². The average Bonchev–Trinajstić information content (AvgIpc) is 2.75. The smallest absolute Gasteiger partial charge is 0.258 e. The Morgan fingerprint density at radius 2 is 1.58 bits per heavy atom. The van der Waals surface area contributed by atoms with Crippen LogP contribution in [0.2, 0.25) is 15.1 Å². The molecule has 9 heteroatoms. The van der Waals surface area contributed by atoms with Crippen molar-refractivity contribution >= 4 is 40.7 Å². The second kappa shape index (κ2) is 11.8. The molecule has 0 bridgehead atoms. The molecule has 1 aliphatic rings. The summed E-state index contributed by atoms with van der Waals surface area (Å²) in [6, 6.07) is 12.1. The first kappa shape index (κ1) is 24.0. The van der Waals surface area contributed by atoms with E-state index in [0.29, 0.717) is 26.6 Å². The summed E-state index contributed by atoms with van der Waals surface area (Å²) in [5, 5.41) is 17.8. The minimum Gasteiger partial charge on any atom is -0.489 e. The molecule has 0 aliphatic heterocycles. The minimum absolute atomic E-state index is 0.0864. The molecule has 0 spiro atoms. The average molecular weight is 488 g/mol. The van der Waals surface area contributed by atoms with Gasteiger partial charge in [0.05, 0.1) is 10.0 Å². The van der Waals surface area contributed by atoms with Gasteiger partial charge in [-0.2, -0.15) is 0 Å². The predicted molar refractivity (Wildman–Crippen MR) is 122 cm³/mol. The number of nitrogens with one attached hydrogen (secondary N) is 2. The summed E-state index contributed by atoms with van der Waals surface area (Å²) in [5.74, 6) is 0.964. The number of rotatable bonds is 9. The number of hydrogen-bond acceptors (Lipinski definition) is 5. The van der Waals surface area contributed by atoms with Gasteiger partial charge in [-0.25, -0.2) is 0 Å². The molecule has 0 radical (unpaired) electrons. The lowest BCUT2D eigenvalue weighted by Gasteiger charge is -2.31. The summed E-state index contributed by atoms with van der Waals surface area (Å²) in [6.45, 7) is 0.0568. The standard InChI is InChI=1S/C22H25Cl3N2O4/c23-14-1-7-17(8-2-14)30-12-21(28)26-15-3-5-16(6-4-15)27-22(29)13-31-18-9-10-19(24)20(25)11-18/h1-2,7-11,15-16,21,26,28H,3-6,12-13H2,(H,27,29). The van der Waals surface area contributed by atoms with Crippen molar-refractivity contribution in [3.05, 3.63) is 57.5 Å². The summed E-state index contributed by atoms with van der Waals surface area (Å²) in [6.07, 6.45) is 2.56. The predicted octanol–water partition coefficient (Wildman–Crippen LogP) is 4.44. The number of amides is 1. The Morgan fingerprint density at radius 1 is 0.935 bits per heavy atom. The van der Waals surface area contributed by atoms with Crippen molar-refractivity contribution in [3.8, 4) is 11.5 Å². The Kier molecular flexibility index (Phi) is 9.11. The molecule has 1 fully saturated rings. The third kappa shape index (κ3) is 8.05. The van der Waals surface area contributed by atoms with Gasteiger partial charge in [0.1, 0.15) is 24.3 Å². The number of aliphatic hydroxyl groups is 1. The Balaban J connectivity index is 1.31. The van der Waals surface area contributed by atoms with Crippen LogP contribution < -0.4 is 20.1 Å². The van der Waals surface area contributed by atoms with Crippen molar-refractivity contribution in [1.82, 2.24) is 10.6 Å². The summed E-state index contributed by atoms with van der Waals surface area (Å²) < 4.78 is 11.0. The van der Waals surface area contributed by atoms with E-state index in [0.717, 1.165) is 25.7 Å². The summed E-state index contributed by atoms with van der Waals surface area (Å²) in [5.41, 5.74) is 0. The Labute approximate surface area is 196 Å². The quantitative estimate of drug-likeness (QED) is 0.456. The van der Waals surface area contributed by atoms with E-state index in [9.17, 15) is 9.90 Å². The molecule has 1 unspecified atom stereocenters. The molecule has 3 N–H and O–H groups in total. The van der Waals surface area contributed by atoms with E-state index < -0.39 is 6.23 Å². The van der Waals surface area contributed by atoms with Gasteiger partial charge in [-0.15, -0.1) is 0 Å². The van der Waals surface area contributed by atoms with E-state index in [1.54, 1.807) is 42.5 Å². The van der Waals surface area contributed by atoms with Crippen molar-refractivity contribution in [3.63, 3.8) is 0 Å². The van der Waals surface area contributed by atoms with Crippen LogP contribution >= 0.6 is 34.8 Å². The molecular formula is C22H25Cl3N2O4. The topological polar surface area (TPSA) is 79.8 Å². The van der Waals surface area contributed by atoms with Gasteiger partial charge in [-0.1, -0.05) is 34.8 Å².